The summed E-state index contributed by atoms with van der Waals surface area (Å²) in [6.07, 6.45) is 9.13. The van der Waals surface area contributed by atoms with Crippen LogP contribution in [0.15, 0.2) is 66.8 Å². The third-order valence-electron chi connectivity index (χ3n) is 4.19. The minimum absolute atomic E-state index is 0.621. The molecule has 1 rings (SSSR count). The van der Waals surface area contributed by atoms with Gasteiger partial charge in [-0.2, -0.15) is 0 Å². The monoisotopic (exact) mass is 354 g/mol. The zero-order chi connectivity index (χ0) is 20.5. The van der Waals surface area contributed by atoms with Gasteiger partial charge in [0.25, 0.3) is 0 Å². The molecule has 0 heterocycles. The molecule has 1 aromatic carbocycles. The van der Waals surface area contributed by atoms with E-state index in [9.17, 15) is 0 Å². The maximum absolute atomic E-state index is 3.74. The van der Waals surface area contributed by atoms with Gasteiger partial charge in [0.2, 0.25) is 0 Å². The van der Waals surface area contributed by atoms with E-state index in [4.69, 9.17) is 0 Å². The van der Waals surface area contributed by atoms with E-state index in [-0.39, 0.29) is 0 Å². The van der Waals surface area contributed by atoms with Crippen LogP contribution in [0.1, 0.15) is 91.7 Å². The topological polar surface area (TPSA) is 0 Å². The van der Waals surface area contributed by atoms with Crippen molar-refractivity contribution in [3.8, 4) is 0 Å². The molecule has 0 bridgehead atoms. The highest BCUT2D eigenvalue weighted by Gasteiger charge is 2.01. The fraction of sp³-hybridized carbons (Fsp3) is 0.462. The van der Waals surface area contributed by atoms with Crippen LogP contribution in [0.5, 0.6) is 0 Å². The van der Waals surface area contributed by atoms with Gasteiger partial charge < -0.3 is 0 Å². The number of hydrogen-bond donors (Lipinski definition) is 0. The molecule has 1 aromatic rings. The van der Waals surface area contributed by atoms with E-state index in [1.165, 1.54) is 40.7 Å². The largest absolute Gasteiger partial charge is 0.100 e. The Balaban J connectivity index is 0. The summed E-state index contributed by atoms with van der Waals surface area (Å²) in [5, 5.41) is 0. The van der Waals surface area contributed by atoms with E-state index in [1.807, 2.05) is 19.1 Å². The standard InChI is InChI=1S/C15H22.C6H12.C5H8/c1-6-12(4)13(5)15-9-7-14(8-10-15)11(2)3;1-4-5-6(2)3;1-3-5-4-2/h7-11H,6H2,1-5H3;2,4-5H2,1,3H3;3-5H,1H2,2H3/b13-12-;;5-4-. The highest BCUT2D eigenvalue weighted by atomic mass is 14.1. The van der Waals surface area contributed by atoms with Crippen molar-refractivity contribution < 1.29 is 0 Å². The van der Waals surface area contributed by atoms with Crippen LogP contribution in [-0.4, -0.2) is 0 Å². The van der Waals surface area contributed by atoms with Crippen molar-refractivity contribution >= 4 is 5.57 Å². The molecule has 0 radical (unpaired) electrons. The van der Waals surface area contributed by atoms with Crippen molar-refractivity contribution in [2.45, 2.75) is 80.6 Å². The average Bonchev–Trinajstić information content (AvgIpc) is 2.62. The molecule has 0 heteroatoms. The lowest BCUT2D eigenvalue weighted by atomic mass is 9.97. The van der Waals surface area contributed by atoms with Gasteiger partial charge in [0.1, 0.15) is 0 Å². The number of hydrogen-bond acceptors (Lipinski definition) is 0. The smallest absolute Gasteiger partial charge is 0.0219 e. The Morgan fingerprint density at radius 2 is 1.58 bits per heavy atom. The summed E-state index contributed by atoms with van der Waals surface area (Å²) in [5.41, 5.74) is 6.97. The molecule has 0 atom stereocenters. The summed E-state index contributed by atoms with van der Waals surface area (Å²) in [6, 6.07) is 8.96. The van der Waals surface area contributed by atoms with Gasteiger partial charge in [-0.1, -0.05) is 94.3 Å². The van der Waals surface area contributed by atoms with Crippen LogP contribution in [0.25, 0.3) is 5.57 Å². The minimum atomic E-state index is 0.621. The van der Waals surface area contributed by atoms with Gasteiger partial charge in [-0.15, -0.1) is 6.58 Å². The molecule has 146 valence electrons. The first-order chi connectivity index (χ1) is 12.2. The van der Waals surface area contributed by atoms with Crippen LogP contribution in [0, 0.1) is 0 Å². The zero-order valence-corrected chi connectivity index (χ0v) is 18.7. The lowest BCUT2D eigenvalue weighted by molar-refractivity contribution is 0.866. The van der Waals surface area contributed by atoms with Gasteiger partial charge in [-0.05, 0) is 63.2 Å². The number of rotatable bonds is 6. The first-order valence-electron chi connectivity index (χ1n) is 9.89. The summed E-state index contributed by atoms with van der Waals surface area (Å²) in [6.45, 7) is 24.5. The molecule has 0 saturated carbocycles. The third kappa shape index (κ3) is 13.5. The van der Waals surface area contributed by atoms with Crippen LogP contribution in [0.3, 0.4) is 0 Å². The molecule has 0 aliphatic rings. The summed E-state index contributed by atoms with van der Waals surface area (Å²) in [4.78, 5) is 0. The van der Waals surface area contributed by atoms with Gasteiger partial charge in [-0.3, -0.25) is 0 Å². The first-order valence-corrected chi connectivity index (χ1v) is 9.89. The van der Waals surface area contributed by atoms with Crippen molar-refractivity contribution in [1.29, 1.82) is 0 Å². The predicted molar refractivity (Wildman–Crippen MR) is 124 cm³/mol. The number of allylic oxidation sites excluding steroid dienone is 6. The fourth-order valence-electron chi connectivity index (χ4n) is 2.19. The van der Waals surface area contributed by atoms with Crippen molar-refractivity contribution in [3.05, 3.63) is 77.9 Å². The second kappa shape index (κ2) is 16.6. The molecular formula is C26H42. The lowest BCUT2D eigenvalue weighted by Crippen LogP contribution is -1.89. The second-order valence-corrected chi connectivity index (χ2v) is 7.00. The van der Waals surface area contributed by atoms with E-state index in [2.05, 4.69) is 85.9 Å². The zero-order valence-electron chi connectivity index (χ0n) is 18.7. The fourth-order valence-corrected chi connectivity index (χ4v) is 2.19. The molecule has 0 amide bonds. The molecule has 0 aromatic heterocycles. The van der Waals surface area contributed by atoms with Gasteiger partial charge in [0.05, 0.1) is 0 Å². The Labute approximate surface area is 164 Å². The Morgan fingerprint density at radius 3 is 1.81 bits per heavy atom. The summed E-state index contributed by atoms with van der Waals surface area (Å²) >= 11 is 0. The molecule has 0 saturated heterocycles. The SMILES string of the molecule is C=C(C)CCC.C=C/C=C\C.CC/C(C)=C(/C)c1ccc(C(C)C)cc1. The minimum Gasteiger partial charge on any atom is -0.100 e. The van der Waals surface area contributed by atoms with E-state index in [1.54, 1.807) is 6.08 Å². The Bertz CT molecular complexity index is 550. The van der Waals surface area contributed by atoms with Gasteiger partial charge in [0, 0.05) is 0 Å². The van der Waals surface area contributed by atoms with Crippen molar-refractivity contribution in [3.63, 3.8) is 0 Å². The van der Waals surface area contributed by atoms with Crippen LogP contribution < -0.4 is 0 Å². The van der Waals surface area contributed by atoms with E-state index in [0.717, 1.165) is 6.42 Å². The molecule has 0 N–H and O–H groups in total. The van der Waals surface area contributed by atoms with Crippen molar-refractivity contribution in [2.75, 3.05) is 0 Å². The van der Waals surface area contributed by atoms with E-state index >= 15 is 0 Å². The van der Waals surface area contributed by atoms with Crippen molar-refractivity contribution in [2.24, 2.45) is 0 Å². The quantitative estimate of drug-likeness (QED) is 0.353. The van der Waals surface area contributed by atoms with Crippen LogP contribution in [0.4, 0.5) is 0 Å². The molecule has 0 nitrogen and oxygen atoms in total. The normalized spacial score (nSPS) is 11.1. The van der Waals surface area contributed by atoms with Crippen LogP contribution >= 0.6 is 0 Å². The Hall–Kier alpha value is -1.82. The molecule has 0 aliphatic heterocycles. The predicted octanol–water partition coefficient (Wildman–Crippen LogP) is 9.12. The second-order valence-electron chi connectivity index (χ2n) is 7.00. The summed E-state index contributed by atoms with van der Waals surface area (Å²) in [5.74, 6) is 0.621. The number of benzene rings is 1. The molecule has 0 unspecified atom stereocenters. The molecule has 0 aliphatic carbocycles. The first kappa shape index (κ1) is 26.4. The van der Waals surface area contributed by atoms with E-state index < -0.39 is 0 Å². The lowest BCUT2D eigenvalue weighted by Gasteiger charge is -2.09. The van der Waals surface area contributed by atoms with Crippen LogP contribution in [-0.2, 0) is 0 Å². The highest BCUT2D eigenvalue weighted by molar-refractivity contribution is 5.66. The molecule has 26 heavy (non-hydrogen) atoms. The summed E-state index contributed by atoms with van der Waals surface area (Å²) < 4.78 is 0. The van der Waals surface area contributed by atoms with E-state index in [0.29, 0.717) is 5.92 Å². The van der Waals surface area contributed by atoms with Gasteiger partial charge in [-0.25, -0.2) is 0 Å². The van der Waals surface area contributed by atoms with Gasteiger partial charge >= 0.3 is 0 Å². The highest BCUT2D eigenvalue weighted by Crippen LogP contribution is 2.22. The maximum atomic E-state index is 3.74. The Kier molecular flexibility index (Phi) is 16.9. The van der Waals surface area contributed by atoms with Gasteiger partial charge in [0.15, 0.2) is 0 Å². The van der Waals surface area contributed by atoms with Crippen molar-refractivity contribution in [1.82, 2.24) is 0 Å². The molecule has 0 fully saturated rings. The molecule has 0 spiro atoms. The van der Waals surface area contributed by atoms with Crippen LogP contribution in [0.2, 0.25) is 0 Å². The Morgan fingerprint density at radius 1 is 1.04 bits per heavy atom. The summed E-state index contributed by atoms with van der Waals surface area (Å²) in [7, 11) is 0. The third-order valence-corrected chi connectivity index (χ3v) is 4.19. The average molecular weight is 355 g/mol. The molecular weight excluding hydrogens is 312 g/mol. The maximum Gasteiger partial charge on any atom is -0.0219 e.